The van der Waals surface area contributed by atoms with Gasteiger partial charge in [-0.3, -0.25) is 19.6 Å². The number of anilines is 4. The van der Waals surface area contributed by atoms with Crippen LogP contribution >= 0.6 is 0 Å². The van der Waals surface area contributed by atoms with Crippen molar-refractivity contribution in [1.82, 2.24) is 19.9 Å². The molecule has 3 aromatic carbocycles. The summed E-state index contributed by atoms with van der Waals surface area (Å²) in [5.74, 6) is 1.93. The molecule has 42 heavy (non-hydrogen) atoms. The zero-order chi connectivity index (χ0) is 29.0. The van der Waals surface area contributed by atoms with E-state index in [1.165, 1.54) is 6.20 Å². The van der Waals surface area contributed by atoms with Crippen LogP contribution in [0.1, 0.15) is 38.4 Å². The van der Waals surface area contributed by atoms with Crippen LogP contribution in [-0.2, 0) is 0 Å². The summed E-state index contributed by atoms with van der Waals surface area (Å²) in [6.07, 6.45) is 8.61. The number of benzene rings is 3. The van der Waals surface area contributed by atoms with E-state index < -0.39 is 5.91 Å². The van der Waals surface area contributed by atoms with Crippen molar-refractivity contribution in [2.24, 2.45) is 4.99 Å². The van der Waals surface area contributed by atoms with Gasteiger partial charge in [0.1, 0.15) is 11.5 Å². The molecule has 0 fully saturated rings. The van der Waals surface area contributed by atoms with Gasteiger partial charge in [0.15, 0.2) is 17.3 Å². The molecule has 1 amide bonds. The fourth-order valence-electron chi connectivity index (χ4n) is 5.75. The van der Waals surface area contributed by atoms with Crippen molar-refractivity contribution < 1.29 is 4.79 Å². The first-order valence-corrected chi connectivity index (χ1v) is 13.7. The number of fused-ring (bicyclic) bond motifs is 3. The highest BCUT2D eigenvalue weighted by Gasteiger charge is 2.39. The van der Waals surface area contributed by atoms with Gasteiger partial charge in [-0.15, -0.1) is 0 Å². The highest BCUT2D eigenvalue weighted by atomic mass is 16.1. The van der Waals surface area contributed by atoms with Crippen LogP contribution in [0, 0.1) is 27.7 Å². The van der Waals surface area contributed by atoms with Gasteiger partial charge < -0.3 is 0 Å². The number of carbonyl (C=O) groups excluding carboxylic acids is 1. The number of allylic oxidation sites excluding steroid dienone is 3. The van der Waals surface area contributed by atoms with Crippen molar-refractivity contribution in [3.8, 4) is 0 Å². The molecule has 0 unspecified atom stereocenters. The molecule has 4 heterocycles. The van der Waals surface area contributed by atoms with Gasteiger partial charge in [0, 0.05) is 24.2 Å². The van der Waals surface area contributed by atoms with E-state index in [0.717, 1.165) is 62.1 Å². The summed E-state index contributed by atoms with van der Waals surface area (Å²) in [4.78, 5) is 39.9. The SMILES string of the molecule is Cc1cccc(C)c1N1C(=C/C=C2/C=NC(=O)c3nccnc32)N(c2c(C)cccc2C)c2nc3ccccc3nc21. The van der Waals surface area contributed by atoms with Crippen molar-refractivity contribution in [3.63, 3.8) is 0 Å². The first-order valence-electron chi connectivity index (χ1n) is 13.7. The average molecular weight is 550 g/mol. The van der Waals surface area contributed by atoms with E-state index in [4.69, 9.17) is 9.97 Å². The van der Waals surface area contributed by atoms with E-state index in [1.54, 1.807) is 12.4 Å². The minimum atomic E-state index is -0.398. The van der Waals surface area contributed by atoms with Crippen LogP contribution in [0.2, 0.25) is 0 Å². The smallest absolute Gasteiger partial charge is 0.276 e. The highest BCUT2D eigenvalue weighted by Crippen LogP contribution is 2.51. The lowest BCUT2D eigenvalue weighted by Crippen LogP contribution is -2.24. The van der Waals surface area contributed by atoms with Crippen LogP contribution in [0.15, 0.2) is 96.0 Å². The molecule has 8 nitrogen and oxygen atoms in total. The predicted octanol–water partition coefficient (Wildman–Crippen LogP) is 7.09. The van der Waals surface area contributed by atoms with E-state index in [-0.39, 0.29) is 5.69 Å². The first-order chi connectivity index (χ1) is 20.4. The first kappa shape index (κ1) is 25.5. The second-order valence-corrected chi connectivity index (χ2v) is 10.5. The van der Waals surface area contributed by atoms with E-state index in [1.807, 2.05) is 36.4 Å². The maximum Gasteiger partial charge on any atom is 0.297 e. The monoisotopic (exact) mass is 549 g/mol. The number of nitrogens with zero attached hydrogens (tertiary/aromatic N) is 7. The molecule has 0 bridgehead atoms. The van der Waals surface area contributed by atoms with Crippen LogP contribution in [0.25, 0.3) is 16.6 Å². The molecule has 0 saturated heterocycles. The molecule has 2 aromatic heterocycles. The van der Waals surface area contributed by atoms with Gasteiger partial charge >= 0.3 is 0 Å². The molecule has 0 radical (unpaired) electrons. The molecule has 204 valence electrons. The summed E-state index contributed by atoms with van der Waals surface area (Å²) in [5, 5.41) is 0. The fraction of sp³-hybridized carbons (Fsp3) is 0.118. The van der Waals surface area contributed by atoms with Crippen LogP contribution in [0.5, 0.6) is 0 Å². The predicted molar refractivity (Wildman–Crippen MR) is 167 cm³/mol. The number of para-hydroxylation sites is 4. The molecule has 2 aliphatic heterocycles. The second-order valence-electron chi connectivity index (χ2n) is 10.5. The number of carbonyl (C=O) groups is 1. The minimum Gasteiger partial charge on any atom is -0.276 e. The third-order valence-corrected chi connectivity index (χ3v) is 7.65. The van der Waals surface area contributed by atoms with Gasteiger partial charge in [-0.2, -0.15) is 0 Å². The Hall–Kier alpha value is -5.50. The standard InChI is InChI=1S/C34H27N7O/c1-20-9-7-10-21(2)30(20)40-27(16-15-24-19-37-34(42)29-28(24)35-17-18-36-29)41(31-22(3)11-8-12-23(31)4)33-32(40)38-25-13-5-6-14-26(25)39-33/h5-19H,1-4H3/b24-15-. The van der Waals surface area contributed by atoms with Crippen LogP contribution < -0.4 is 9.80 Å². The summed E-state index contributed by atoms with van der Waals surface area (Å²) in [6.45, 7) is 8.44. The molecule has 5 aromatic rings. The van der Waals surface area contributed by atoms with Gasteiger partial charge in [0.2, 0.25) is 0 Å². The van der Waals surface area contributed by atoms with E-state index >= 15 is 0 Å². The summed E-state index contributed by atoms with van der Waals surface area (Å²) in [5.41, 5.74) is 9.58. The van der Waals surface area contributed by atoms with Gasteiger partial charge in [0.25, 0.3) is 5.91 Å². The Balaban J connectivity index is 1.55. The Kier molecular flexibility index (Phi) is 5.97. The lowest BCUT2D eigenvalue weighted by molar-refractivity contribution is 0.0997. The molecule has 0 N–H and O–H groups in total. The molecule has 0 atom stereocenters. The van der Waals surface area contributed by atoms with Crippen LogP contribution in [0.4, 0.5) is 23.0 Å². The van der Waals surface area contributed by atoms with Gasteiger partial charge in [-0.05, 0) is 74.2 Å². The van der Waals surface area contributed by atoms with Crippen molar-refractivity contribution in [1.29, 1.82) is 0 Å². The molecule has 7 rings (SSSR count). The summed E-state index contributed by atoms with van der Waals surface area (Å²) in [6, 6.07) is 20.5. The number of hydrogen-bond acceptors (Lipinski definition) is 7. The Bertz CT molecular complexity index is 1880. The minimum absolute atomic E-state index is 0.243. The largest absolute Gasteiger partial charge is 0.297 e. The summed E-state index contributed by atoms with van der Waals surface area (Å²) in [7, 11) is 0. The Morgan fingerprint density at radius 3 is 1.64 bits per heavy atom. The zero-order valence-electron chi connectivity index (χ0n) is 23.7. The van der Waals surface area contributed by atoms with Gasteiger partial charge in [-0.25, -0.2) is 19.9 Å². The Labute approximate surface area is 243 Å². The quantitative estimate of drug-likeness (QED) is 0.237. The van der Waals surface area contributed by atoms with Crippen molar-refractivity contribution in [2.75, 3.05) is 9.80 Å². The number of hydrogen-bond donors (Lipinski definition) is 0. The highest BCUT2D eigenvalue weighted by molar-refractivity contribution is 6.21. The van der Waals surface area contributed by atoms with Gasteiger partial charge in [0.05, 0.1) is 22.4 Å². The lowest BCUT2D eigenvalue weighted by Gasteiger charge is -2.28. The second kappa shape index (κ2) is 9.85. The third kappa shape index (κ3) is 3.99. The normalized spacial score (nSPS) is 15.0. The molecule has 0 aliphatic carbocycles. The van der Waals surface area contributed by atoms with Crippen molar-refractivity contribution in [3.05, 3.63) is 125 Å². The third-order valence-electron chi connectivity index (χ3n) is 7.65. The van der Waals surface area contributed by atoms with E-state index in [2.05, 4.69) is 88.9 Å². The molecule has 8 heteroatoms. The topological polar surface area (TPSA) is 87.5 Å². The van der Waals surface area contributed by atoms with E-state index in [0.29, 0.717) is 11.3 Å². The number of rotatable bonds is 3. The van der Waals surface area contributed by atoms with Crippen molar-refractivity contribution >= 4 is 51.7 Å². The van der Waals surface area contributed by atoms with Gasteiger partial charge in [-0.1, -0.05) is 48.5 Å². The molecule has 2 aliphatic rings. The maximum absolute atomic E-state index is 12.4. The van der Waals surface area contributed by atoms with Crippen LogP contribution in [0.3, 0.4) is 0 Å². The Morgan fingerprint density at radius 1 is 0.619 bits per heavy atom. The number of amides is 1. The number of aryl methyl sites for hydroxylation is 4. The molecular weight excluding hydrogens is 522 g/mol. The number of aromatic nitrogens is 4. The van der Waals surface area contributed by atoms with Crippen molar-refractivity contribution in [2.45, 2.75) is 27.7 Å². The summed E-state index contributed by atoms with van der Waals surface area (Å²) >= 11 is 0. The summed E-state index contributed by atoms with van der Waals surface area (Å²) < 4.78 is 0. The maximum atomic E-state index is 12.4. The average Bonchev–Trinajstić information content (AvgIpc) is 3.28. The zero-order valence-corrected chi connectivity index (χ0v) is 23.7. The lowest BCUT2D eigenvalue weighted by atomic mass is 10.1. The fourth-order valence-corrected chi connectivity index (χ4v) is 5.75. The number of aliphatic imine (C=N–C) groups is 1. The molecule has 0 spiro atoms. The molecule has 0 saturated carbocycles. The molecular formula is C34H27N7O. The van der Waals surface area contributed by atoms with Crippen LogP contribution in [-0.4, -0.2) is 32.1 Å². The Morgan fingerprint density at radius 2 is 1.12 bits per heavy atom. The van der Waals surface area contributed by atoms with E-state index in [9.17, 15) is 4.79 Å².